The molecule has 10 heteroatoms. The number of nitriles is 1. The van der Waals surface area contributed by atoms with Crippen molar-refractivity contribution in [1.29, 1.82) is 5.26 Å². The third kappa shape index (κ3) is 3.36. The topological polar surface area (TPSA) is 101 Å². The van der Waals surface area contributed by atoms with Gasteiger partial charge in [-0.3, -0.25) is 9.55 Å². The van der Waals surface area contributed by atoms with E-state index in [1.165, 1.54) is 13.1 Å². The van der Waals surface area contributed by atoms with E-state index in [0.717, 1.165) is 11.3 Å². The number of ether oxygens (including phenoxy) is 1. The molecule has 0 radical (unpaired) electrons. The summed E-state index contributed by atoms with van der Waals surface area (Å²) in [6, 6.07) is 6.81. The Labute approximate surface area is 195 Å². The summed E-state index contributed by atoms with van der Waals surface area (Å²) >= 11 is 0. The van der Waals surface area contributed by atoms with Gasteiger partial charge in [-0.15, -0.1) is 0 Å². The van der Waals surface area contributed by atoms with E-state index in [0.29, 0.717) is 28.9 Å². The van der Waals surface area contributed by atoms with Gasteiger partial charge < -0.3 is 15.3 Å². The number of halogens is 2. The summed E-state index contributed by atoms with van der Waals surface area (Å²) in [4.78, 5) is 19.5. The van der Waals surface area contributed by atoms with Crippen LogP contribution in [0.2, 0.25) is 0 Å². The number of benzene rings is 1. The van der Waals surface area contributed by atoms with E-state index < -0.39 is 22.4 Å². The summed E-state index contributed by atoms with van der Waals surface area (Å²) in [6.07, 6.45) is 1.65. The molecule has 1 aromatic heterocycles. The number of fused-ring (bicyclic) bond motifs is 5. The second-order valence-corrected chi connectivity index (χ2v) is 9.16. The molecule has 176 valence electrons. The number of carbonyl (C=O) groups is 1. The number of carbonyl (C=O) groups excluding carboxylic acids is 1. The number of quaternary nitrogens is 1. The molecular formula is C24H23F2N5O3. The lowest BCUT2D eigenvalue weighted by Gasteiger charge is -2.45. The molecule has 0 bridgehead atoms. The minimum atomic E-state index is -2.65. The summed E-state index contributed by atoms with van der Waals surface area (Å²) < 4.78 is 31.0. The number of pyridine rings is 1. The molecule has 0 aliphatic carbocycles. The molecule has 8 nitrogen and oxygen atoms in total. The molecule has 34 heavy (non-hydrogen) atoms. The van der Waals surface area contributed by atoms with E-state index in [-0.39, 0.29) is 36.8 Å². The van der Waals surface area contributed by atoms with Crippen LogP contribution in [0.1, 0.15) is 35.1 Å². The van der Waals surface area contributed by atoms with E-state index in [1.807, 2.05) is 13.0 Å². The molecular weight excluding hydrogens is 444 g/mol. The SMILES string of the molecule is CC1=C2C(=O)[N+](C)([O-])c3cc(C#N)ccc3[C@H]2c2c(OCCN3CC(F)(F)C3)ncc(C)c2N1. The Morgan fingerprint density at radius 1 is 1.38 bits per heavy atom. The van der Waals surface area contributed by atoms with Gasteiger partial charge in [-0.25, -0.2) is 18.6 Å². The molecule has 1 saturated heterocycles. The van der Waals surface area contributed by atoms with E-state index in [4.69, 9.17) is 4.74 Å². The Hall–Kier alpha value is -3.39. The maximum absolute atomic E-state index is 13.5. The number of alkyl halides is 2. The highest BCUT2D eigenvalue weighted by atomic mass is 19.3. The number of rotatable bonds is 4. The molecule has 2 atom stereocenters. The lowest BCUT2D eigenvalue weighted by atomic mass is 9.76. The Kier molecular flexibility index (Phi) is 4.98. The molecule has 2 aromatic rings. The third-order valence-corrected chi connectivity index (χ3v) is 6.67. The standard InChI is InChI=1S/C24H23F2N5O3/c1-13-10-28-22(34-7-6-30-11-24(25,26)12-30)20-19-16-5-4-15(9-27)8-17(16)31(3,33)23(32)18(19)14(2)29-21(13)20/h4-5,8,10,19,29H,6-7,11-12H2,1-3H3/t19-,31?/m1/s1. The largest absolute Gasteiger partial charge is 0.620 e. The van der Waals surface area contributed by atoms with Crippen LogP contribution in [0.4, 0.5) is 20.2 Å². The van der Waals surface area contributed by atoms with Gasteiger partial charge in [0.25, 0.3) is 5.92 Å². The highest BCUT2D eigenvalue weighted by Crippen LogP contribution is 2.53. The molecule has 1 amide bonds. The fraction of sp³-hybridized carbons (Fsp3) is 0.375. The fourth-order valence-corrected chi connectivity index (χ4v) is 4.97. The number of nitrogens with zero attached hydrogens (tertiary/aromatic N) is 4. The molecule has 0 spiro atoms. The smallest absolute Gasteiger partial charge is 0.349 e. The van der Waals surface area contributed by atoms with Crippen LogP contribution in [0, 0.1) is 23.5 Å². The normalized spacial score (nSPS) is 24.9. The second-order valence-electron chi connectivity index (χ2n) is 9.16. The van der Waals surface area contributed by atoms with Crippen molar-refractivity contribution in [2.75, 3.05) is 38.6 Å². The van der Waals surface area contributed by atoms with Crippen molar-refractivity contribution in [1.82, 2.24) is 14.5 Å². The molecule has 3 aliphatic rings. The van der Waals surface area contributed by atoms with Crippen LogP contribution in [-0.2, 0) is 4.79 Å². The molecule has 1 unspecified atom stereocenters. The first-order chi connectivity index (χ1) is 16.0. The molecule has 1 N–H and O–H groups in total. The zero-order valence-electron chi connectivity index (χ0n) is 19.0. The summed E-state index contributed by atoms with van der Waals surface area (Å²) in [5.74, 6) is -3.61. The van der Waals surface area contributed by atoms with Gasteiger partial charge in [0.15, 0.2) is 0 Å². The minimum absolute atomic E-state index is 0.146. The number of amides is 1. The molecule has 1 aromatic carbocycles. The lowest BCUT2D eigenvalue weighted by molar-refractivity contribution is -0.132. The first kappa shape index (κ1) is 22.4. The number of nitrogens with one attached hydrogen (secondary N) is 1. The lowest BCUT2D eigenvalue weighted by Crippen LogP contribution is -2.57. The van der Waals surface area contributed by atoms with Crippen molar-refractivity contribution in [2.45, 2.75) is 25.7 Å². The fourth-order valence-electron chi connectivity index (χ4n) is 4.97. The molecule has 4 heterocycles. The zero-order chi connectivity index (χ0) is 24.4. The van der Waals surface area contributed by atoms with Gasteiger partial charge >= 0.3 is 5.91 Å². The Morgan fingerprint density at radius 3 is 2.79 bits per heavy atom. The Bertz CT molecular complexity index is 1290. The van der Waals surface area contributed by atoms with Gasteiger partial charge in [-0.05, 0) is 25.5 Å². The first-order valence-corrected chi connectivity index (χ1v) is 10.9. The van der Waals surface area contributed by atoms with Gasteiger partial charge in [0.2, 0.25) is 5.88 Å². The van der Waals surface area contributed by atoms with Crippen molar-refractivity contribution in [3.05, 3.63) is 63.1 Å². The molecule has 1 fully saturated rings. The van der Waals surface area contributed by atoms with Crippen LogP contribution >= 0.6 is 0 Å². The predicted molar refractivity (Wildman–Crippen MR) is 121 cm³/mol. The number of anilines is 1. The maximum atomic E-state index is 13.5. The summed E-state index contributed by atoms with van der Waals surface area (Å²) in [7, 11) is 1.27. The first-order valence-electron chi connectivity index (χ1n) is 10.9. The van der Waals surface area contributed by atoms with Crippen molar-refractivity contribution < 1.29 is 18.3 Å². The van der Waals surface area contributed by atoms with Gasteiger partial charge in [0, 0.05) is 30.1 Å². The monoisotopic (exact) mass is 467 g/mol. The van der Waals surface area contributed by atoms with Crippen LogP contribution in [0.3, 0.4) is 0 Å². The highest BCUT2D eigenvalue weighted by Gasteiger charge is 2.49. The quantitative estimate of drug-likeness (QED) is 0.543. The summed E-state index contributed by atoms with van der Waals surface area (Å²) in [6.45, 7) is 3.50. The van der Waals surface area contributed by atoms with Crippen molar-refractivity contribution in [3.63, 3.8) is 0 Å². The van der Waals surface area contributed by atoms with Crippen LogP contribution in [0.25, 0.3) is 0 Å². The van der Waals surface area contributed by atoms with Gasteiger partial charge in [0.1, 0.15) is 12.3 Å². The van der Waals surface area contributed by atoms with E-state index in [9.17, 15) is 24.0 Å². The zero-order valence-corrected chi connectivity index (χ0v) is 19.0. The molecule has 3 aliphatic heterocycles. The number of hydroxylamine groups is 2. The predicted octanol–water partition coefficient (Wildman–Crippen LogP) is 3.40. The number of hydrogen-bond donors (Lipinski definition) is 1. The summed E-state index contributed by atoms with van der Waals surface area (Å²) in [5, 5.41) is 26.0. The van der Waals surface area contributed by atoms with Gasteiger partial charge in [-0.2, -0.15) is 5.26 Å². The van der Waals surface area contributed by atoms with Crippen molar-refractivity contribution in [2.24, 2.45) is 0 Å². The van der Waals surface area contributed by atoms with Gasteiger partial charge in [-0.1, -0.05) is 6.07 Å². The average Bonchev–Trinajstić information content (AvgIpc) is 2.77. The second kappa shape index (κ2) is 7.56. The van der Waals surface area contributed by atoms with E-state index in [2.05, 4.69) is 10.3 Å². The van der Waals surface area contributed by atoms with Crippen LogP contribution in [0.5, 0.6) is 5.88 Å². The summed E-state index contributed by atoms with van der Waals surface area (Å²) in [5.41, 5.74) is 4.17. The average molecular weight is 467 g/mol. The van der Waals surface area contributed by atoms with Crippen molar-refractivity contribution in [3.8, 4) is 11.9 Å². The molecule has 5 rings (SSSR count). The van der Waals surface area contributed by atoms with Gasteiger partial charge in [0.05, 0.1) is 54.5 Å². The van der Waals surface area contributed by atoms with Crippen LogP contribution in [-0.4, -0.2) is 55.0 Å². The number of likely N-dealkylation sites (N-methyl/N-ethyl adjacent to an activating group) is 1. The highest BCUT2D eigenvalue weighted by molar-refractivity contribution is 6.09. The van der Waals surface area contributed by atoms with Crippen LogP contribution < -0.4 is 14.7 Å². The number of aryl methyl sites for hydroxylation is 1. The Morgan fingerprint density at radius 2 is 2.12 bits per heavy atom. The minimum Gasteiger partial charge on any atom is -0.620 e. The number of allylic oxidation sites excluding steroid dienone is 1. The molecule has 0 saturated carbocycles. The third-order valence-electron chi connectivity index (χ3n) is 6.67. The number of hydrogen-bond acceptors (Lipinski definition) is 7. The van der Waals surface area contributed by atoms with E-state index in [1.54, 1.807) is 30.2 Å². The number of aromatic nitrogens is 1. The number of likely N-dealkylation sites (tertiary alicyclic amines) is 1. The van der Waals surface area contributed by atoms with Crippen LogP contribution in [0.15, 0.2) is 35.7 Å². The maximum Gasteiger partial charge on any atom is 0.349 e. The Balaban J connectivity index is 1.59. The van der Waals surface area contributed by atoms with Crippen molar-refractivity contribution >= 4 is 17.3 Å². The van der Waals surface area contributed by atoms with E-state index >= 15 is 0 Å².